The molecule has 1 aliphatic rings. The van der Waals surface area contributed by atoms with Gasteiger partial charge in [0.15, 0.2) is 0 Å². The maximum Gasteiger partial charge on any atom is 0.336 e. The number of hydrogen-bond donors (Lipinski definition) is 1. The van der Waals surface area contributed by atoms with E-state index in [1.165, 1.54) is 0 Å². The minimum atomic E-state index is -3.55. The average Bonchev–Trinajstić information content (AvgIpc) is 1.93. The molecule has 0 saturated carbocycles. The van der Waals surface area contributed by atoms with Gasteiger partial charge in [0.25, 0.3) is 0 Å². The van der Waals surface area contributed by atoms with E-state index < -0.39 is 15.8 Å². The fraction of sp³-hybridized carbons (Fsp3) is 1.00. The second-order valence-corrected chi connectivity index (χ2v) is 5.06. The van der Waals surface area contributed by atoms with Crippen LogP contribution < -0.4 is 4.72 Å². The first kappa shape index (κ1) is 10.9. The van der Waals surface area contributed by atoms with E-state index in [2.05, 4.69) is 8.91 Å². The van der Waals surface area contributed by atoms with Crippen LogP contribution in [0.4, 0.5) is 0 Å². The number of methoxy groups -OCH3 is 1. The van der Waals surface area contributed by atoms with Gasteiger partial charge in [0.2, 0.25) is 0 Å². The first-order valence-corrected chi connectivity index (χ1v) is 5.45. The van der Waals surface area contributed by atoms with Gasteiger partial charge in [0, 0.05) is 18.6 Å². The van der Waals surface area contributed by atoms with Crippen molar-refractivity contribution in [3.8, 4) is 0 Å². The average molecular weight is 209 g/mol. The summed E-state index contributed by atoms with van der Waals surface area (Å²) in [5.41, 5.74) is -0.507. The summed E-state index contributed by atoms with van der Waals surface area (Å²) in [6.45, 7) is 4.29. The molecule has 1 saturated heterocycles. The third-order valence-electron chi connectivity index (χ3n) is 2.20. The Hall–Kier alpha value is -0.170. The van der Waals surface area contributed by atoms with Crippen molar-refractivity contribution in [1.82, 2.24) is 4.72 Å². The van der Waals surface area contributed by atoms with E-state index >= 15 is 0 Å². The molecular weight excluding hydrogens is 194 g/mol. The standard InChI is InChI=1S/C7H15NO4S/c1-7(2)6(4-11-3)5-12-13(9,10)8-7/h6,8H,4-5H2,1-3H3. The van der Waals surface area contributed by atoms with Gasteiger partial charge < -0.3 is 4.74 Å². The summed E-state index contributed by atoms with van der Waals surface area (Å²) in [7, 11) is -1.96. The molecule has 1 aliphatic heterocycles. The molecule has 78 valence electrons. The second-order valence-electron chi connectivity index (χ2n) is 3.71. The zero-order chi connectivity index (χ0) is 10.1. The van der Waals surface area contributed by atoms with Crippen LogP contribution in [0.1, 0.15) is 13.8 Å². The van der Waals surface area contributed by atoms with Crippen molar-refractivity contribution in [2.75, 3.05) is 20.3 Å². The predicted molar refractivity (Wildman–Crippen MR) is 47.5 cm³/mol. The van der Waals surface area contributed by atoms with Crippen molar-refractivity contribution < 1.29 is 17.3 Å². The van der Waals surface area contributed by atoms with E-state index in [0.29, 0.717) is 6.61 Å². The van der Waals surface area contributed by atoms with Gasteiger partial charge in [0.05, 0.1) is 13.2 Å². The third kappa shape index (κ3) is 2.63. The maximum absolute atomic E-state index is 11.0. The van der Waals surface area contributed by atoms with Crippen LogP contribution in [0.5, 0.6) is 0 Å². The zero-order valence-electron chi connectivity index (χ0n) is 8.03. The first-order chi connectivity index (χ1) is 5.87. The molecule has 13 heavy (non-hydrogen) atoms. The van der Waals surface area contributed by atoms with E-state index in [1.807, 2.05) is 13.8 Å². The molecule has 0 aromatic rings. The lowest BCUT2D eigenvalue weighted by Gasteiger charge is -2.37. The van der Waals surface area contributed by atoms with Crippen molar-refractivity contribution in [2.24, 2.45) is 5.92 Å². The number of rotatable bonds is 2. The van der Waals surface area contributed by atoms with Crippen molar-refractivity contribution in [3.05, 3.63) is 0 Å². The third-order valence-corrected chi connectivity index (χ3v) is 3.42. The maximum atomic E-state index is 11.0. The van der Waals surface area contributed by atoms with Gasteiger partial charge in [0.1, 0.15) is 0 Å². The molecule has 0 aromatic carbocycles. The van der Waals surface area contributed by atoms with E-state index in [1.54, 1.807) is 7.11 Å². The normalized spacial score (nSPS) is 31.5. The highest BCUT2D eigenvalue weighted by atomic mass is 32.2. The molecule has 0 aliphatic carbocycles. The van der Waals surface area contributed by atoms with Gasteiger partial charge in [-0.15, -0.1) is 0 Å². The van der Waals surface area contributed by atoms with Crippen LogP contribution in [0.2, 0.25) is 0 Å². The molecule has 1 atom stereocenters. The Morgan fingerprint density at radius 2 is 2.23 bits per heavy atom. The highest BCUT2D eigenvalue weighted by Crippen LogP contribution is 2.23. The van der Waals surface area contributed by atoms with Gasteiger partial charge in [-0.3, -0.25) is 4.18 Å². The van der Waals surface area contributed by atoms with E-state index in [-0.39, 0.29) is 12.5 Å². The highest BCUT2D eigenvalue weighted by molar-refractivity contribution is 7.84. The summed E-state index contributed by atoms with van der Waals surface area (Å²) in [5, 5.41) is 0. The Labute approximate surface area is 78.7 Å². The van der Waals surface area contributed by atoms with Gasteiger partial charge in [-0.2, -0.15) is 13.1 Å². The molecule has 1 heterocycles. The van der Waals surface area contributed by atoms with Crippen LogP contribution in [0.25, 0.3) is 0 Å². The zero-order valence-corrected chi connectivity index (χ0v) is 8.85. The SMILES string of the molecule is COCC1COS(=O)(=O)NC1(C)C. The molecule has 1 unspecified atom stereocenters. The number of ether oxygens (including phenoxy) is 1. The number of hydrogen-bond acceptors (Lipinski definition) is 4. The van der Waals surface area contributed by atoms with Crippen LogP contribution in [-0.4, -0.2) is 34.3 Å². The minimum absolute atomic E-state index is 0.0426. The van der Waals surface area contributed by atoms with Crippen molar-refractivity contribution in [3.63, 3.8) is 0 Å². The Morgan fingerprint density at radius 3 is 2.69 bits per heavy atom. The Bertz CT molecular complexity index is 272. The highest BCUT2D eigenvalue weighted by Gasteiger charge is 2.39. The molecule has 1 N–H and O–H groups in total. The topological polar surface area (TPSA) is 64.6 Å². The molecule has 5 nitrogen and oxygen atoms in total. The fourth-order valence-electron chi connectivity index (χ4n) is 1.27. The van der Waals surface area contributed by atoms with Crippen molar-refractivity contribution in [1.29, 1.82) is 0 Å². The lowest BCUT2D eigenvalue weighted by Crippen LogP contribution is -2.56. The molecule has 0 amide bonds. The fourth-order valence-corrected chi connectivity index (χ4v) is 2.49. The Balaban J connectivity index is 2.73. The van der Waals surface area contributed by atoms with Crippen LogP contribution in [0.15, 0.2) is 0 Å². The lowest BCUT2D eigenvalue weighted by atomic mass is 9.90. The summed E-state index contributed by atoms with van der Waals surface area (Å²) in [4.78, 5) is 0. The summed E-state index contributed by atoms with van der Waals surface area (Å²) in [6.07, 6.45) is 0. The quantitative estimate of drug-likeness (QED) is 0.689. The first-order valence-electron chi connectivity index (χ1n) is 4.04. The molecule has 0 radical (unpaired) electrons. The Morgan fingerprint density at radius 1 is 1.62 bits per heavy atom. The summed E-state index contributed by atoms with van der Waals surface area (Å²) in [6, 6.07) is 0. The largest absolute Gasteiger partial charge is 0.384 e. The van der Waals surface area contributed by atoms with E-state index in [4.69, 9.17) is 4.74 Å². The minimum Gasteiger partial charge on any atom is -0.384 e. The monoisotopic (exact) mass is 209 g/mol. The van der Waals surface area contributed by atoms with Crippen molar-refractivity contribution >= 4 is 10.3 Å². The van der Waals surface area contributed by atoms with Crippen molar-refractivity contribution in [2.45, 2.75) is 19.4 Å². The molecular formula is C7H15NO4S. The summed E-state index contributed by atoms with van der Waals surface area (Å²) in [5.74, 6) is 0.0426. The number of nitrogens with one attached hydrogen (secondary N) is 1. The second kappa shape index (κ2) is 3.53. The van der Waals surface area contributed by atoms with Crippen LogP contribution >= 0.6 is 0 Å². The molecule has 1 fully saturated rings. The predicted octanol–water partition coefficient (Wildman–Crippen LogP) is -0.108. The van der Waals surface area contributed by atoms with Crippen LogP contribution in [-0.2, 0) is 19.2 Å². The van der Waals surface area contributed by atoms with Gasteiger partial charge in [-0.25, -0.2) is 0 Å². The molecule has 6 heteroatoms. The molecule has 0 aromatic heterocycles. The van der Waals surface area contributed by atoms with Gasteiger partial charge in [-0.1, -0.05) is 0 Å². The smallest absolute Gasteiger partial charge is 0.336 e. The van der Waals surface area contributed by atoms with Crippen LogP contribution in [0, 0.1) is 5.92 Å². The summed E-state index contributed by atoms with van der Waals surface area (Å²) >= 11 is 0. The van der Waals surface area contributed by atoms with E-state index in [9.17, 15) is 8.42 Å². The van der Waals surface area contributed by atoms with Gasteiger partial charge in [-0.05, 0) is 13.8 Å². The van der Waals surface area contributed by atoms with E-state index in [0.717, 1.165) is 0 Å². The summed E-state index contributed by atoms with van der Waals surface area (Å²) < 4.78 is 34.1. The Kier molecular flexibility index (Phi) is 2.96. The lowest BCUT2D eigenvalue weighted by molar-refractivity contribution is 0.0590. The van der Waals surface area contributed by atoms with Crippen LogP contribution in [0.3, 0.4) is 0 Å². The van der Waals surface area contributed by atoms with Gasteiger partial charge >= 0.3 is 10.3 Å². The molecule has 0 spiro atoms. The molecule has 1 rings (SSSR count). The molecule has 0 bridgehead atoms.